The van der Waals surface area contributed by atoms with Crippen molar-refractivity contribution in [1.29, 1.82) is 0 Å². The van der Waals surface area contributed by atoms with E-state index in [0.29, 0.717) is 6.04 Å². The smallest absolute Gasteiger partial charge is 0.138 e. The molecule has 1 N–H and O–H groups in total. The fourth-order valence-corrected chi connectivity index (χ4v) is 2.25. The van der Waals surface area contributed by atoms with Gasteiger partial charge in [0.15, 0.2) is 0 Å². The molecule has 1 aromatic heterocycles. The van der Waals surface area contributed by atoms with Crippen molar-refractivity contribution >= 4 is 0 Å². The second-order valence-electron chi connectivity index (χ2n) is 4.73. The molecule has 0 saturated heterocycles. The number of ether oxygens (including phenoxy) is 1. The maximum atomic E-state index is 5.18. The number of nitrogens with zero attached hydrogens (tertiary/aromatic N) is 3. The molecule has 20 heavy (non-hydrogen) atoms. The van der Waals surface area contributed by atoms with Gasteiger partial charge in [0.1, 0.15) is 17.9 Å². The summed E-state index contributed by atoms with van der Waals surface area (Å²) in [5.41, 5.74) is 1.28. The Morgan fingerprint density at radius 1 is 1.25 bits per heavy atom. The maximum Gasteiger partial charge on any atom is 0.138 e. The Labute approximate surface area is 120 Å². The molecule has 0 saturated carbocycles. The molecule has 5 heteroatoms. The zero-order valence-corrected chi connectivity index (χ0v) is 12.3. The van der Waals surface area contributed by atoms with Gasteiger partial charge in [-0.3, -0.25) is 4.68 Å². The van der Waals surface area contributed by atoms with E-state index in [1.165, 1.54) is 5.56 Å². The van der Waals surface area contributed by atoms with Gasteiger partial charge in [0.05, 0.1) is 7.11 Å². The van der Waals surface area contributed by atoms with E-state index in [9.17, 15) is 0 Å². The number of methoxy groups -OCH3 is 1. The van der Waals surface area contributed by atoms with Crippen LogP contribution in [0.5, 0.6) is 5.75 Å². The minimum absolute atomic E-state index is 0.345. The molecule has 1 atom stereocenters. The number of hydrogen-bond donors (Lipinski definition) is 1. The molecule has 2 rings (SSSR count). The topological polar surface area (TPSA) is 52.0 Å². The highest BCUT2D eigenvalue weighted by molar-refractivity contribution is 5.27. The Bertz CT molecular complexity index is 521. The molecule has 0 amide bonds. The lowest BCUT2D eigenvalue weighted by atomic mass is 10.0. The van der Waals surface area contributed by atoms with Crippen molar-refractivity contribution in [1.82, 2.24) is 20.1 Å². The van der Waals surface area contributed by atoms with Crippen LogP contribution < -0.4 is 10.1 Å². The number of hydrogen-bond acceptors (Lipinski definition) is 4. The van der Waals surface area contributed by atoms with Crippen molar-refractivity contribution in [3.8, 4) is 5.75 Å². The summed E-state index contributed by atoms with van der Waals surface area (Å²) in [6, 6.07) is 8.55. The summed E-state index contributed by atoms with van der Waals surface area (Å²) in [6.45, 7) is 2.93. The largest absolute Gasteiger partial charge is 0.497 e. The summed E-state index contributed by atoms with van der Waals surface area (Å²) in [5.74, 6) is 1.92. The highest BCUT2D eigenvalue weighted by Crippen LogP contribution is 2.13. The zero-order chi connectivity index (χ0) is 14.4. The van der Waals surface area contributed by atoms with Gasteiger partial charge in [-0.05, 0) is 38.1 Å². The van der Waals surface area contributed by atoms with Crippen LogP contribution in [0.25, 0.3) is 0 Å². The van der Waals surface area contributed by atoms with E-state index in [1.807, 2.05) is 23.9 Å². The Morgan fingerprint density at radius 2 is 2.00 bits per heavy atom. The van der Waals surface area contributed by atoms with E-state index in [0.717, 1.165) is 31.0 Å². The van der Waals surface area contributed by atoms with E-state index in [2.05, 4.69) is 34.5 Å². The van der Waals surface area contributed by atoms with Crippen LogP contribution in [0.15, 0.2) is 30.6 Å². The number of likely N-dealkylation sites (N-methyl/N-ethyl adjacent to an activating group) is 1. The average Bonchev–Trinajstić information content (AvgIpc) is 2.94. The number of aryl methyl sites for hydroxylation is 1. The zero-order valence-electron chi connectivity index (χ0n) is 12.3. The first-order chi connectivity index (χ1) is 9.76. The first kappa shape index (κ1) is 14.5. The van der Waals surface area contributed by atoms with Gasteiger partial charge in [-0.25, -0.2) is 4.98 Å². The van der Waals surface area contributed by atoms with Crippen LogP contribution >= 0.6 is 0 Å². The highest BCUT2D eigenvalue weighted by atomic mass is 16.5. The summed E-state index contributed by atoms with van der Waals surface area (Å²) in [4.78, 5) is 4.34. The number of nitrogens with one attached hydrogen (secondary N) is 1. The van der Waals surface area contributed by atoms with Crippen molar-refractivity contribution < 1.29 is 4.74 Å². The molecular formula is C15H22N4O. The first-order valence-electron chi connectivity index (χ1n) is 6.93. The van der Waals surface area contributed by atoms with E-state index < -0.39 is 0 Å². The van der Waals surface area contributed by atoms with Gasteiger partial charge in [0.2, 0.25) is 0 Å². The molecule has 0 aliphatic carbocycles. The van der Waals surface area contributed by atoms with E-state index >= 15 is 0 Å². The number of rotatable bonds is 7. The third-order valence-electron chi connectivity index (χ3n) is 3.47. The molecule has 5 nitrogen and oxygen atoms in total. The highest BCUT2D eigenvalue weighted by Gasteiger charge is 2.12. The average molecular weight is 274 g/mol. The van der Waals surface area contributed by atoms with Crippen molar-refractivity contribution in [2.75, 3.05) is 14.2 Å². The predicted molar refractivity (Wildman–Crippen MR) is 78.9 cm³/mol. The maximum absolute atomic E-state index is 5.18. The fraction of sp³-hybridized carbons (Fsp3) is 0.467. The number of aromatic nitrogens is 3. The summed E-state index contributed by atoms with van der Waals surface area (Å²) in [7, 11) is 3.67. The lowest BCUT2D eigenvalue weighted by Crippen LogP contribution is -2.31. The van der Waals surface area contributed by atoms with Crippen LogP contribution in [-0.4, -0.2) is 35.0 Å². The van der Waals surface area contributed by atoms with Crippen LogP contribution in [0.2, 0.25) is 0 Å². The summed E-state index contributed by atoms with van der Waals surface area (Å²) < 4.78 is 7.12. The molecule has 0 bridgehead atoms. The first-order valence-corrected chi connectivity index (χ1v) is 6.93. The summed E-state index contributed by atoms with van der Waals surface area (Å²) >= 11 is 0. The van der Waals surface area contributed by atoms with Crippen molar-refractivity contribution in [3.05, 3.63) is 42.0 Å². The standard InChI is InChI=1S/C15H22N4O/c1-4-19-15(17-11-18-19)10-13(16-2)9-12-5-7-14(20-3)8-6-12/h5-8,11,13,16H,4,9-10H2,1-3H3. The molecule has 0 aliphatic heterocycles. The second kappa shape index (κ2) is 7.05. The third kappa shape index (κ3) is 3.57. The molecular weight excluding hydrogens is 252 g/mol. The summed E-state index contributed by atoms with van der Waals surface area (Å²) in [5, 5.41) is 7.57. The van der Waals surface area contributed by atoms with Crippen LogP contribution in [0.1, 0.15) is 18.3 Å². The predicted octanol–water partition coefficient (Wildman–Crippen LogP) is 1.68. The monoisotopic (exact) mass is 274 g/mol. The van der Waals surface area contributed by atoms with Crippen LogP contribution in [0.3, 0.4) is 0 Å². The van der Waals surface area contributed by atoms with Crippen LogP contribution in [-0.2, 0) is 19.4 Å². The molecule has 108 valence electrons. The Balaban J connectivity index is 2.01. The molecule has 1 unspecified atom stereocenters. The third-order valence-corrected chi connectivity index (χ3v) is 3.47. The van der Waals surface area contributed by atoms with Crippen molar-refractivity contribution in [2.24, 2.45) is 0 Å². The Morgan fingerprint density at radius 3 is 2.60 bits per heavy atom. The van der Waals surface area contributed by atoms with Gasteiger partial charge in [0, 0.05) is 19.0 Å². The molecule has 1 heterocycles. The minimum atomic E-state index is 0.345. The molecule has 0 fully saturated rings. The number of benzene rings is 1. The van der Waals surface area contributed by atoms with Crippen LogP contribution in [0, 0.1) is 0 Å². The SMILES string of the molecule is CCn1ncnc1CC(Cc1ccc(OC)cc1)NC. The summed E-state index contributed by atoms with van der Waals surface area (Å²) in [6.07, 6.45) is 3.45. The van der Waals surface area contributed by atoms with Crippen LogP contribution in [0.4, 0.5) is 0 Å². The molecule has 0 spiro atoms. The molecule has 1 aromatic carbocycles. The van der Waals surface area contributed by atoms with Gasteiger partial charge in [-0.2, -0.15) is 5.10 Å². The quantitative estimate of drug-likeness (QED) is 0.834. The van der Waals surface area contributed by atoms with Gasteiger partial charge >= 0.3 is 0 Å². The minimum Gasteiger partial charge on any atom is -0.497 e. The molecule has 0 aliphatic rings. The van der Waals surface area contributed by atoms with E-state index in [4.69, 9.17) is 4.74 Å². The van der Waals surface area contributed by atoms with E-state index in [-0.39, 0.29) is 0 Å². The fourth-order valence-electron chi connectivity index (χ4n) is 2.25. The van der Waals surface area contributed by atoms with Gasteiger partial charge in [-0.15, -0.1) is 0 Å². The van der Waals surface area contributed by atoms with Crippen molar-refractivity contribution in [3.63, 3.8) is 0 Å². The molecule has 0 radical (unpaired) electrons. The Kier molecular flexibility index (Phi) is 5.12. The lowest BCUT2D eigenvalue weighted by molar-refractivity contribution is 0.414. The second-order valence-corrected chi connectivity index (χ2v) is 4.73. The van der Waals surface area contributed by atoms with Gasteiger partial charge in [-0.1, -0.05) is 12.1 Å². The van der Waals surface area contributed by atoms with E-state index in [1.54, 1.807) is 13.4 Å². The van der Waals surface area contributed by atoms with Gasteiger partial charge < -0.3 is 10.1 Å². The molecule has 2 aromatic rings. The normalized spacial score (nSPS) is 12.3. The Hall–Kier alpha value is -1.88. The lowest BCUT2D eigenvalue weighted by Gasteiger charge is -2.16. The van der Waals surface area contributed by atoms with Crippen molar-refractivity contribution in [2.45, 2.75) is 32.4 Å². The van der Waals surface area contributed by atoms with Gasteiger partial charge in [0.25, 0.3) is 0 Å².